The van der Waals surface area contributed by atoms with Crippen molar-refractivity contribution in [3.63, 3.8) is 0 Å². The predicted molar refractivity (Wildman–Crippen MR) is 235 cm³/mol. The lowest BCUT2D eigenvalue weighted by atomic mass is 9.94. The van der Waals surface area contributed by atoms with Gasteiger partial charge in [0, 0.05) is 11.7 Å². The molecule has 50 heavy (non-hydrogen) atoms. The summed E-state index contributed by atoms with van der Waals surface area (Å²) in [4.78, 5) is 2.65. The normalized spacial score (nSPS) is 14.6. The Balaban J connectivity index is 3.16. The SMILES string of the molecule is CCCCCCCCCCC(C)(C)N(CNc1cc(CCCC)ccc1N)CSP(=S)(CCC(CC)CCCC)OCC(CC)CCCCC. The number of nitrogen functional groups attached to an aromatic ring is 1. The summed E-state index contributed by atoms with van der Waals surface area (Å²) in [5, 5.41) is 3.80. The van der Waals surface area contributed by atoms with Gasteiger partial charge in [-0.05, 0) is 75.5 Å². The standard InChI is InChI=1S/C43H84N3OPS2/c1-9-15-19-20-21-22-23-25-32-43(7,8)46(36-45-42-34-40(27-18-12-4)29-30-41(42)44)37-50-48(49,33-31-38(13-5)26-17-11-3)47-35-39(14-6)28-24-16-10-2/h29-30,34,38-39,45H,9-28,31-33,35-37,44H2,1-8H3. The quantitative estimate of drug-likeness (QED) is 0.0316. The van der Waals surface area contributed by atoms with Gasteiger partial charge in [0.05, 0.1) is 30.5 Å². The van der Waals surface area contributed by atoms with E-state index in [0.29, 0.717) is 5.92 Å². The van der Waals surface area contributed by atoms with Gasteiger partial charge in [0.1, 0.15) is 5.47 Å². The minimum absolute atomic E-state index is 0.0378. The molecular formula is C43H84N3OPS2. The Morgan fingerprint density at radius 3 is 2.02 bits per heavy atom. The summed E-state index contributed by atoms with van der Waals surface area (Å²) in [6.45, 7) is 20.3. The zero-order valence-electron chi connectivity index (χ0n) is 34.5. The molecule has 1 aromatic carbocycles. The molecule has 294 valence electrons. The van der Waals surface area contributed by atoms with E-state index in [-0.39, 0.29) is 5.54 Å². The number of hydrogen-bond acceptors (Lipinski definition) is 6. The minimum Gasteiger partial charge on any atom is -0.397 e. The van der Waals surface area contributed by atoms with Gasteiger partial charge in [0.25, 0.3) is 0 Å². The summed E-state index contributed by atoms with van der Waals surface area (Å²) in [6, 6.07) is 6.55. The Hall–Kier alpha value is -0.260. The number of anilines is 2. The predicted octanol–water partition coefficient (Wildman–Crippen LogP) is 14.8. The molecule has 3 unspecified atom stereocenters. The molecule has 4 nitrogen and oxygen atoms in total. The average Bonchev–Trinajstić information content (AvgIpc) is 3.11. The van der Waals surface area contributed by atoms with Crippen LogP contribution in [0.4, 0.5) is 11.4 Å². The Morgan fingerprint density at radius 1 is 0.780 bits per heavy atom. The molecule has 0 saturated heterocycles. The van der Waals surface area contributed by atoms with Crippen LogP contribution in [0.25, 0.3) is 0 Å². The second-order valence-electron chi connectivity index (χ2n) is 15.8. The van der Waals surface area contributed by atoms with E-state index in [4.69, 9.17) is 22.1 Å². The number of nitrogens with two attached hydrogens (primary N) is 1. The first-order valence-electron chi connectivity index (χ1n) is 21.3. The molecular weight excluding hydrogens is 670 g/mol. The number of aryl methyl sites for hydroxylation is 1. The first kappa shape index (κ1) is 47.8. The maximum Gasteiger partial charge on any atom is 0.120 e. The van der Waals surface area contributed by atoms with Gasteiger partial charge in [-0.2, -0.15) is 0 Å². The number of nitrogens with zero attached hydrogens (tertiary/aromatic N) is 1. The maximum atomic E-state index is 6.99. The summed E-state index contributed by atoms with van der Waals surface area (Å²) in [6.07, 6.45) is 29.3. The summed E-state index contributed by atoms with van der Waals surface area (Å²) in [7, 11) is 0. The van der Waals surface area contributed by atoms with Crippen molar-refractivity contribution in [2.24, 2.45) is 11.8 Å². The van der Waals surface area contributed by atoms with Crippen molar-refractivity contribution in [1.29, 1.82) is 0 Å². The molecule has 0 aromatic heterocycles. The highest BCUT2D eigenvalue weighted by molar-refractivity contribution is 8.69. The zero-order valence-corrected chi connectivity index (χ0v) is 37.0. The van der Waals surface area contributed by atoms with Crippen LogP contribution in [-0.4, -0.2) is 35.8 Å². The molecule has 0 aliphatic rings. The highest BCUT2D eigenvalue weighted by Gasteiger charge is 2.30. The van der Waals surface area contributed by atoms with Crippen LogP contribution < -0.4 is 11.1 Å². The van der Waals surface area contributed by atoms with E-state index in [2.05, 4.69) is 83.8 Å². The van der Waals surface area contributed by atoms with Gasteiger partial charge in [-0.25, -0.2) is 0 Å². The lowest BCUT2D eigenvalue weighted by Crippen LogP contribution is -2.46. The lowest BCUT2D eigenvalue weighted by Gasteiger charge is -2.40. The van der Waals surface area contributed by atoms with E-state index in [1.54, 1.807) is 0 Å². The van der Waals surface area contributed by atoms with Crippen LogP contribution in [0.15, 0.2) is 18.2 Å². The van der Waals surface area contributed by atoms with Crippen LogP contribution in [0.3, 0.4) is 0 Å². The Bertz CT molecular complexity index is 1010. The Labute approximate surface area is 322 Å². The van der Waals surface area contributed by atoms with E-state index in [9.17, 15) is 0 Å². The molecule has 0 spiro atoms. The van der Waals surface area contributed by atoms with Gasteiger partial charge < -0.3 is 15.6 Å². The van der Waals surface area contributed by atoms with Crippen molar-refractivity contribution in [3.8, 4) is 0 Å². The second-order valence-corrected chi connectivity index (χ2v) is 23.3. The zero-order chi connectivity index (χ0) is 37.1. The van der Waals surface area contributed by atoms with Crippen LogP contribution in [-0.2, 0) is 22.8 Å². The largest absolute Gasteiger partial charge is 0.397 e. The highest BCUT2D eigenvalue weighted by atomic mass is 32.9. The summed E-state index contributed by atoms with van der Waals surface area (Å²) in [5.74, 6) is 2.26. The average molecular weight is 754 g/mol. The van der Waals surface area contributed by atoms with Crippen LogP contribution in [0, 0.1) is 11.8 Å². The van der Waals surface area contributed by atoms with Crippen LogP contribution in [0.5, 0.6) is 0 Å². The molecule has 0 bridgehead atoms. The van der Waals surface area contributed by atoms with Crippen molar-refractivity contribution in [2.45, 2.75) is 202 Å². The number of benzene rings is 1. The van der Waals surface area contributed by atoms with Crippen LogP contribution in [0.1, 0.15) is 196 Å². The van der Waals surface area contributed by atoms with Gasteiger partial charge >= 0.3 is 0 Å². The first-order chi connectivity index (χ1) is 24.1. The van der Waals surface area contributed by atoms with Crippen molar-refractivity contribution in [1.82, 2.24) is 4.90 Å². The third-order valence-corrected chi connectivity index (χ3v) is 17.3. The lowest BCUT2D eigenvalue weighted by molar-refractivity contribution is 0.144. The molecule has 0 heterocycles. The van der Waals surface area contributed by atoms with Crippen molar-refractivity contribution in [2.75, 3.05) is 36.4 Å². The van der Waals surface area contributed by atoms with E-state index in [1.165, 1.54) is 140 Å². The fourth-order valence-corrected chi connectivity index (χ4v) is 12.0. The molecule has 0 fully saturated rings. The number of hydrogen-bond donors (Lipinski definition) is 2. The second kappa shape index (κ2) is 29.1. The fourth-order valence-electron chi connectivity index (χ4n) is 6.77. The van der Waals surface area contributed by atoms with E-state index in [0.717, 1.165) is 49.0 Å². The Kier molecular flexibility index (Phi) is 27.8. The van der Waals surface area contributed by atoms with Crippen molar-refractivity contribution >= 4 is 40.0 Å². The van der Waals surface area contributed by atoms with E-state index >= 15 is 0 Å². The van der Waals surface area contributed by atoms with E-state index in [1.807, 2.05) is 11.4 Å². The third kappa shape index (κ3) is 21.4. The Morgan fingerprint density at radius 2 is 1.38 bits per heavy atom. The summed E-state index contributed by atoms with van der Waals surface area (Å²) >= 11 is 8.61. The molecule has 0 amide bonds. The van der Waals surface area contributed by atoms with Gasteiger partial charge in [-0.1, -0.05) is 180 Å². The molecule has 0 saturated carbocycles. The molecule has 0 aliphatic heterocycles. The fraction of sp³-hybridized carbons (Fsp3) is 0.860. The number of rotatable bonds is 34. The molecule has 1 rings (SSSR count). The molecule has 0 radical (unpaired) electrons. The van der Waals surface area contributed by atoms with Gasteiger partial charge in [0.15, 0.2) is 0 Å². The van der Waals surface area contributed by atoms with Gasteiger partial charge in [-0.15, -0.1) is 0 Å². The molecule has 3 atom stereocenters. The van der Waals surface area contributed by atoms with Crippen molar-refractivity contribution < 1.29 is 4.52 Å². The molecule has 3 N–H and O–H groups in total. The summed E-state index contributed by atoms with van der Waals surface area (Å²) in [5.41, 5.74) is 7.77. The minimum atomic E-state index is -2.07. The highest BCUT2D eigenvalue weighted by Crippen LogP contribution is 2.61. The monoisotopic (exact) mass is 754 g/mol. The van der Waals surface area contributed by atoms with E-state index < -0.39 is 5.47 Å². The molecule has 7 heteroatoms. The third-order valence-electron chi connectivity index (χ3n) is 11.0. The van der Waals surface area contributed by atoms with Crippen LogP contribution >= 0.6 is 16.8 Å². The smallest absolute Gasteiger partial charge is 0.120 e. The first-order valence-corrected chi connectivity index (χ1v) is 25.8. The topological polar surface area (TPSA) is 50.5 Å². The van der Waals surface area contributed by atoms with Gasteiger partial charge in [0.2, 0.25) is 0 Å². The number of nitrogens with one attached hydrogen (secondary N) is 1. The molecule has 0 aliphatic carbocycles. The van der Waals surface area contributed by atoms with Crippen LogP contribution in [0.2, 0.25) is 0 Å². The number of unbranched alkanes of at least 4 members (excludes halogenated alkanes) is 11. The van der Waals surface area contributed by atoms with Gasteiger partial charge in [-0.3, -0.25) is 4.90 Å². The molecule has 1 aromatic rings. The maximum absolute atomic E-state index is 6.99. The summed E-state index contributed by atoms with van der Waals surface area (Å²) < 4.78 is 6.99. The van der Waals surface area contributed by atoms with Crippen molar-refractivity contribution in [3.05, 3.63) is 23.8 Å².